The zero-order valence-electron chi connectivity index (χ0n) is 27.5. The molecule has 5 rings (SSSR count). The molecule has 46 heavy (non-hydrogen) atoms. The van der Waals surface area contributed by atoms with Gasteiger partial charge in [0.1, 0.15) is 19.0 Å². The fourth-order valence-electron chi connectivity index (χ4n) is 6.68. The molecule has 244 valence electrons. The number of hydrogen-bond donors (Lipinski definition) is 1. The zero-order chi connectivity index (χ0) is 32.4. The highest BCUT2D eigenvalue weighted by Gasteiger charge is 2.52. The molecule has 0 unspecified atom stereocenters. The Bertz CT molecular complexity index is 1390. The highest BCUT2D eigenvalue weighted by Crippen LogP contribution is 2.39. The summed E-state index contributed by atoms with van der Waals surface area (Å²) >= 11 is 0. The smallest absolute Gasteiger partial charge is 0.261 e. The van der Waals surface area contributed by atoms with Gasteiger partial charge in [0.05, 0.1) is 25.4 Å². The van der Waals surface area contributed by atoms with Crippen molar-refractivity contribution in [3.8, 4) is 0 Å². The van der Waals surface area contributed by atoms with Crippen LogP contribution in [0.5, 0.6) is 0 Å². The molecule has 4 aromatic carbocycles. The third-order valence-corrected chi connectivity index (χ3v) is 13.9. The van der Waals surface area contributed by atoms with Crippen molar-refractivity contribution < 1.29 is 28.5 Å². The topological polar surface area (TPSA) is 66.4 Å². The Morgan fingerprint density at radius 2 is 1.11 bits per heavy atom. The first-order chi connectivity index (χ1) is 22.3. The van der Waals surface area contributed by atoms with E-state index in [0.29, 0.717) is 26.2 Å². The van der Waals surface area contributed by atoms with E-state index in [1.165, 1.54) is 10.4 Å². The quantitative estimate of drug-likeness (QED) is 0.133. The van der Waals surface area contributed by atoms with Crippen LogP contribution in [0.4, 0.5) is 0 Å². The minimum absolute atomic E-state index is 0.0744. The predicted octanol–water partition coefficient (Wildman–Crippen LogP) is 6.10. The van der Waals surface area contributed by atoms with Crippen molar-refractivity contribution in [3.05, 3.63) is 132 Å². The summed E-state index contributed by atoms with van der Waals surface area (Å²) in [6.45, 7) is 8.06. The maximum atomic E-state index is 11.7. The van der Waals surface area contributed by atoms with Gasteiger partial charge in [-0.15, -0.1) is 0 Å². The Kier molecular flexibility index (Phi) is 12.0. The van der Waals surface area contributed by atoms with Gasteiger partial charge in [-0.2, -0.15) is 0 Å². The molecular weight excluding hydrogens is 593 g/mol. The molecule has 0 heterocycles. The van der Waals surface area contributed by atoms with Crippen molar-refractivity contribution in [2.45, 2.75) is 69.9 Å². The highest BCUT2D eigenvalue weighted by molar-refractivity contribution is 6.99. The van der Waals surface area contributed by atoms with Crippen LogP contribution in [0.2, 0.25) is 5.04 Å². The van der Waals surface area contributed by atoms with Crippen LogP contribution in [0.3, 0.4) is 0 Å². The molecule has 7 heteroatoms. The van der Waals surface area contributed by atoms with Crippen molar-refractivity contribution in [2.24, 2.45) is 5.92 Å². The summed E-state index contributed by atoms with van der Waals surface area (Å²) in [5.41, 5.74) is 2.08. The molecule has 1 fully saturated rings. The molecule has 0 aromatic heterocycles. The Morgan fingerprint density at radius 1 is 0.652 bits per heavy atom. The number of benzene rings is 4. The lowest BCUT2D eigenvalue weighted by Crippen LogP contribution is -2.67. The van der Waals surface area contributed by atoms with Gasteiger partial charge in [0.2, 0.25) is 0 Å². The van der Waals surface area contributed by atoms with Gasteiger partial charge < -0.3 is 28.5 Å². The summed E-state index contributed by atoms with van der Waals surface area (Å²) in [7, 11) is -1.24. The first-order valence-electron chi connectivity index (χ1n) is 16.2. The number of aliphatic hydroxyl groups excluding tert-OH is 1. The molecule has 1 N–H and O–H groups in total. The lowest BCUT2D eigenvalue weighted by atomic mass is 9.80. The molecule has 4 aromatic rings. The van der Waals surface area contributed by atoms with Crippen LogP contribution < -0.4 is 10.4 Å². The second kappa shape index (κ2) is 16.1. The fraction of sp³-hybridized carbons (Fsp3) is 0.385. The summed E-state index contributed by atoms with van der Waals surface area (Å²) in [5.74, 6) is -0.128. The van der Waals surface area contributed by atoms with Crippen LogP contribution >= 0.6 is 0 Å². The molecular formula is C39H48O6Si. The van der Waals surface area contributed by atoms with Crippen LogP contribution in [0, 0.1) is 5.92 Å². The molecule has 0 radical (unpaired) electrons. The van der Waals surface area contributed by atoms with Crippen molar-refractivity contribution in [1.29, 1.82) is 0 Å². The van der Waals surface area contributed by atoms with Gasteiger partial charge in [-0.25, -0.2) is 0 Å². The number of methoxy groups -OCH3 is 1. The molecule has 1 aliphatic carbocycles. The van der Waals surface area contributed by atoms with E-state index in [9.17, 15) is 5.11 Å². The van der Waals surface area contributed by atoms with E-state index in [2.05, 4.69) is 93.6 Å². The van der Waals surface area contributed by atoms with Gasteiger partial charge in [0, 0.05) is 19.6 Å². The monoisotopic (exact) mass is 640 g/mol. The summed E-state index contributed by atoms with van der Waals surface area (Å²) in [5, 5.41) is 14.0. The van der Waals surface area contributed by atoms with Crippen LogP contribution in [-0.4, -0.2) is 58.3 Å². The molecule has 0 saturated heterocycles. The first-order valence-corrected chi connectivity index (χ1v) is 18.1. The summed E-state index contributed by atoms with van der Waals surface area (Å²) < 4.78 is 32.1. The van der Waals surface area contributed by atoms with Gasteiger partial charge in [-0.05, 0) is 33.0 Å². The third kappa shape index (κ3) is 8.04. The largest absolute Gasteiger partial charge is 0.407 e. The fourth-order valence-corrected chi connectivity index (χ4v) is 11.3. The average molecular weight is 641 g/mol. The second-order valence-corrected chi connectivity index (χ2v) is 17.4. The molecule has 0 amide bonds. The zero-order valence-corrected chi connectivity index (χ0v) is 28.5. The molecule has 1 saturated carbocycles. The van der Waals surface area contributed by atoms with Gasteiger partial charge in [-0.1, -0.05) is 142 Å². The van der Waals surface area contributed by atoms with Crippen LogP contribution in [-0.2, 0) is 36.6 Å². The van der Waals surface area contributed by atoms with E-state index in [4.69, 9.17) is 23.4 Å². The lowest BCUT2D eigenvalue weighted by molar-refractivity contribution is -0.227. The number of aliphatic hydroxyl groups is 1. The van der Waals surface area contributed by atoms with Crippen molar-refractivity contribution >= 4 is 18.7 Å². The van der Waals surface area contributed by atoms with Gasteiger partial charge >= 0.3 is 0 Å². The minimum Gasteiger partial charge on any atom is -0.407 e. The number of hydrogen-bond acceptors (Lipinski definition) is 6. The van der Waals surface area contributed by atoms with E-state index in [1.807, 2.05) is 48.5 Å². The SMILES string of the molecule is COCO[C@H]1C[C@H](CO[Si](c2ccccc2)(c2ccccc2)C(C)(C)C)[C@@H](OCc2ccccc2)[C@@H](OCc2ccccc2)[C@H]1O. The van der Waals surface area contributed by atoms with E-state index in [1.54, 1.807) is 7.11 Å². The Hall–Kier alpha value is -3.14. The van der Waals surface area contributed by atoms with Crippen molar-refractivity contribution in [1.82, 2.24) is 0 Å². The standard InChI is InChI=1S/C39H48O6Si/c1-39(2,3)46(33-21-13-7-14-22-33,34-23-15-8-16-24-34)45-28-32-25-35(44-29-41-4)36(40)38(43-27-31-19-11-6-12-20-31)37(32)42-26-30-17-9-5-10-18-30/h5-24,32,35-38,40H,25-29H2,1-4H3/t32-,35+,36+,37-,38+/m1/s1. The Labute approximate surface area is 275 Å². The van der Waals surface area contributed by atoms with Crippen molar-refractivity contribution in [2.75, 3.05) is 20.5 Å². The number of ether oxygens (including phenoxy) is 4. The molecule has 0 aliphatic heterocycles. The van der Waals surface area contributed by atoms with E-state index < -0.39 is 32.7 Å². The maximum Gasteiger partial charge on any atom is 0.261 e. The van der Waals surface area contributed by atoms with Gasteiger partial charge in [-0.3, -0.25) is 0 Å². The third-order valence-electron chi connectivity index (χ3n) is 8.94. The van der Waals surface area contributed by atoms with Gasteiger partial charge in [0.15, 0.2) is 0 Å². The van der Waals surface area contributed by atoms with Crippen molar-refractivity contribution in [3.63, 3.8) is 0 Å². The predicted molar refractivity (Wildman–Crippen MR) is 184 cm³/mol. The first kappa shape index (κ1) is 34.2. The highest BCUT2D eigenvalue weighted by atomic mass is 28.4. The van der Waals surface area contributed by atoms with Crippen LogP contribution in [0.15, 0.2) is 121 Å². The normalized spacial score (nSPS) is 22.1. The van der Waals surface area contributed by atoms with E-state index in [-0.39, 0.29) is 17.7 Å². The summed E-state index contributed by atoms with van der Waals surface area (Å²) in [6, 6.07) is 41.4. The van der Waals surface area contributed by atoms with E-state index in [0.717, 1.165) is 11.1 Å². The minimum atomic E-state index is -2.83. The lowest BCUT2D eigenvalue weighted by Gasteiger charge is -2.47. The maximum absolute atomic E-state index is 11.7. The summed E-state index contributed by atoms with van der Waals surface area (Å²) in [6.07, 6.45) is -1.98. The second-order valence-electron chi connectivity index (χ2n) is 13.1. The number of rotatable bonds is 14. The summed E-state index contributed by atoms with van der Waals surface area (Å²) in [4.78, 5) is 0. The molecule has 1 aliphatic rings. The Balaban J connectivity index is 1.51. The average Bonchev–Trinajstić information content (AvgIpc) is 3.08. The molecule has 0 spiro atoms. The molecule has 6 nitrogen and oxygen atoms in total. The Morgan fingerprint density at radius 3 is 1.57 bits per heavy atom. The van der Waals surface area contributed by atoms with Gasteiger partial charge in [0.25, 0.3) is 8.32 Å². The molecule has 5 atom stereocenters. The molecule has 0 bridgehead atoms. The van der Waals surface area contributed by atoms with Crippen LogP contribution in [0.1, 0.15) is 38.3 Å². The van der Waals surface area contributed by atoms with E-state index >= 15 is 0 Å². The van der Waals surface area contributed by atoms with Crippen LogP contribution in [0.25, 0.3) is 0 Å².